The average molecular weight is 388 g/mol. The quantitative estimate of drug-likeness (QED) is 0.810. The molecule has 2 fully saturated rings. The fourth-order valence-corrected chi connectivity index (χ4v) is 4.50. The molecule has 2 unspecified atom stereocenters. The molecule has 2 aromatic rings. The van der Waals surface area contributed by atoms with Crippen molar-refractivity contribution in [3.05, 3.63) is 65.5 Å². The monoisotopic (exact) mass is 388 g/mol. The zero-order valence-corrected chi connectivity index (χ0v) is 15.4. The predicted octanol–water partition coefficient (Wildman–Crippen LogP) is 3.90. The Balaban J connectivity index is 1.51. The third-order valence-corrected chi connectivity index (χ3v) is 5.74. The van der Waals surface area contributed by atoms with Crippen molar-refractivity contribution in [2.45, 2.75) is 56.4 Å². The highest BCUT2D eigenvalue weighted by molar-refractivity contribution is 5.69. The second kappa shape index (κ2) is 7.47. The van der Waals surface area contributed by atoms with Crippen LogP contribution in [0.4, 0.5) is 13.6 Å². The summed E-state index contributed by atoms with van der Waals surface area (Å²) in [4.78, 5) is 17.6. The Morgan fingerprint density at radius 3 is 2.46 bits per heavy atom. The Labute approximate surface area is 162 Å². The van der Waals surface area contributed by atoms with Crippen LogP contribution in [0.2, 0.25) is 0 Å². The third-order valence-electron chi connectivity index (χ3n) is 5.74. The molecule has 4 rings (SSSR count). The molecule has 28 heavy (non-hydrogen) atoms. The molecule has 3 heterocycles. The molecule has 2 aliphatic heterocycles. The summed E-state index contributed by atoms with van der Waals surface area (Å²) in [6.45, 7) is 0.177. The van der Waals surface area contributed by atoms with E-state index in [2.05, 4.69) is 4.98 Å². The molecule has 2 atom stereocenters. The van der Waals surface area contributed by atoms with Gasteiger partial charge in [-0.2, -0.15) is 13.8 Å². The molecular formula is C21H22F2N2O3. The maximum atomic E-state index is 14.2. The van der Waals surface area contributed by atoms with Gasteiger partial charge in [-0.3, -0.25) is 0 Å². The molecule has 2 saturated heterocycles. The van der Waals surface area contributed by atoms with Gasteiger partial charge in [0.2, 0.25) is 11.9 Å². The second-order valence-electron chi connectivity index (χ2n) is 7.60. The smallest absolute Gasteiger partial charge is 0.410 e. The number of aromatic nitrogens is 1. The Bertz CT molecular complexity index is 848. The predicted molar refractivity (Wildman–Crippen MR) is 97.2 cm³/mol. The van der Waals surface area contributed by atoms with Gasteiger partial charge < -0.3 is 14.7 Å². The number of carbonyl (C=O) groups excluding carboxylic acids is 1. The topological polar surface area (TPSA) is 62.7 Å². The van der Waals surface area contributed by atoms with E-state index < -0.39 is 23.6 Å². The van der Waals surface area contributed by atoms with E-state index in [0.29, 0.717) is 12.8 Å². The lowest BCUT2D eigenvalue weighted by Crippen LogP contribution is -2.59. The summed E-state index contributed by atoms with van der Waals surface area (Å²) in [7, 11) is 0. The van der Waals surface area contributed by atoms with Crippen LogP contribution in [0.3, 0.4) is 0 Å². The number of rotatable bonds is 3. The van der Waals surface area contributed by atoms with Gasteiger partial charge in [-0.25, -0.2) is 4.79 Å². The third kappa shape index (κ3) is 3.58. The normalized spacial score (nSPS) is 26.8. The van der Waals surface area contributed by atoms with E-state index in [9.17, 15) is 18.7 Å². The lowest BCUT2D eigenvalue weighted by molar-refractivity contribution is -0.0915. The van der Waals surface area contributed by atoms with Crippen molar-refractivity contribution in [1.82, 2.24) is 9.88 Å². The van der Waals surface area contributed by atoms with Crippen LogP contribution in [0.1, 0.15) is 43.2 Å². The number of amides is 1. The van der Waals surface area contributed by atoms with Crippen molar-refractivity contribution in [2.24, 2.45) is 0 Å². The minimum Gasteiger partial charge on any atom is -0.445 e. The fraction of sp³-hybridized carbons (Fsp3) is 0.429. The molecule has 148 valence electrons. The van der Waals surface area contributed by atoms with Crippen molar-refractivity contribution in [2.75, 3.05) is 0 Å². The van der Waals surface area contributed by atoms with Crippen molar-refractivity contribution in [3.8, 4) is 0 Å². The first-order valence-corrected chi connectivity index (χ1v) is 9.50. The zero-order valence-electron chi connectivity index (χ0n) is 15.4. The summed E-state index contributed by atoms with van der Waals surface area (Å²) in [5, 5.41) is 11.1. The first-order valence-electron chi connectivity index (χ1n) is 9.50. The van der Waals surface area contributed by atoms with E-state index in [-0.39, 0.29) is 37.1 Å². The van der Waals surface area contributed by atoms with Crippen LogP contribution in [0.5, 0.6) is 0 Å². The molecule has 1 aromatic carbocycles. The lowest BCUT2D eigenvalue weighted by Gasteiger charge is -2.51. The summed E-state index contributed by atoms with van der Waals surface area (Å²) in [5.74, 6) is -1.92. The van der Waals surface area contributed by atoms with E-state index in [1.807, 2.05) is 30.3 Å². The van der Waals surface area contributed by atoms with Gasteiger partial charge >= 0.3 is 6.09 Å². The molecule has 5 nitrogen and oxygen atoms in total. The fourth-order valence-electron chi connectivity index (χ4n) is 4.50. The molecule has 0 radical (unpaired) electrons. The Morgan fingerprint density at radius 1 is 1.14 bits per heavy atom. The van der Waals surface area contributed by atoms with Crippen LogP contribution < -0.4 is 0 Å². The van der Waals surface area contributed by atoms with Gasteiger partial charge in [-0.15, -0.1) is 0 Å². The SMILES string of the molecule is O=C(OCc1ccccc1)N1C2CCCC1CC(O)(c1ccc(F)nc1F)C2. The number of benzene rings is 1. The molecule has 1 amide bonds. The number of carbonyl (C=O) groups is 1. The minimum absolute atomic E-state index is 0.0110. The number of fused-ring (bicyclic) bond motifs is 2. The molecular weight excluding hydrogens is 366 g/mol. The van der Waals surface area contributed by atoms with Gasteiger partial charge in [0.15, 0.2) is 0 Å². The Kier molecular flexibility index (Phi) is 5.02. The van der Waals surface area contributed by atoms with E-state index in [0.717, 1.165) is 18.1 Å². The zero-order chi connectivity index (χ0) is 19.7. The van der Waals surface area contributed by atoms with E-state index in [1.54, 1.807) is 4.90 Å². The molecule has 0 spiro atoms. The van der Waals surface area contributed by atoms with Crippen LogP contribution in [-0.2, 0) is 16.9 Å². The maximum absolute atomic E-state index is 14.2. The highest BCUT2D eigenvalue weighted by atomic mass is 19.1. The Morgan fingerprint density at radius 2 is 1.82 bits per heavy atom. The largest absolute Gasteiger partial charge is 0.445 e. The van der Waals surface area contributed by atoms with E-state index in [4.69, 9.17) is 4.74 Å². The Hall–Kier alpha value is -2.54. The number of hydrogen-bond acceptors (Lipinski definition) is 4. The standard InChI is InChI=1S/C21H22F2N2O3/c22-18-10-9-17(19(23)24-18)21(27)11-15-7-4-8-16(12-21)25(15)20(26)28-13-14-5-2-1-3-6-14/h1-3,5-6,9-10,15-16,27H,4,7-8,11-13H2. The lowest BCUT2D eigenvalue weighted by atomic mass is 9.73. The highest BCUT2D eigenvalue weighted by Gasteiger charge is 2.49. The number of nitrogens with zero attached hydrogens (tertiary/aromatic N) is 2. The molecule has 2 aliphatic rings. The highest BCUT2D eigenvalue weighted by Crippen LogP contribution is 2.45. The van der Waals surface area contributed by atoms with Gasteiger partial charge in [0, 0.05) is 30.5 Å². The summed E-state index contributed by atoms with van der Waals surface area (Å²) in [6, 6.07) is 11.2. The summed E-state index contributed by atoms with van der Waals surface area (Å²) in [5.41, 5.74) is -0.589. The average Bonchev–Trinajstić information content (AvgIpc) is 2.66. The first-order chi connectivity index (χ1) is 13.5. The van der Waals surface area contributed by atoms with Gasteiger partial charge in [0.25, 0.3) is 0 Å². The van der Waals surface area contributed by atoms with Crippen LogP contribution in [0.15, 0.2) is 42.5 Å². The van der Waals surface area contributed by atoms with Crippen LogP contribution in [0, 0.1) is 11.9 Å². The molecule has 0 saturated carbocycles. The molecule has 7 heteroatoms. The summed E-state index contributed by atoms with van der Waals surface area (Å²) < 4.78 is 32.9. The van der Waals surface area contributed by atoms with Crippen molar-refractivity contribution >= 4 is 6.09 Å². The second-order valence-corrected chi connectivity index (χ2v) is 7.60. The number of hydrogen-bond donors (Lipinski definition) is 1. The van der Waals surface area contributed by atoms with Gasteiger partial charge in [-0.1, -0.05) is 30.3 Å². The van der Waals surface area contributed by atoms with Gasteiger partial charge in [-0.05, 0) is 37.0 Å². The molecule has 2 bridgehead atoms. The van der Waals surface area contributed by atoms with Crippen molar-refractivity contribution < 1.29 is 23.4 Å². The number of piperidine rings is 2. The summed E-state index contributed by atoms with van der Waals surface area (Å²) in [6.07, 6.45) is 2.27. The number of pyridine rings is 1. The van der Waals surface area contributed by atoms with Gasteiger partial charge in [0.1, 0.15) is 6.61 Å². The minimum atomic E-state index is -1.48. The van der Waals surface area contributed by atoms with Crippen molar-refractivity contribution in [1.29, 1.82) is 0 Å². The van der Waals surface area contributed by atoms with Crippen LogP contribution in [0.25, 0.3) is 0 Å². The van der Waals surface area contributed by atoms with Crippen LogP contribution in [-0.4, -0.2) is 33.2 Å². The van der Waals surface area contributed by atoms with Gasteiger partial charge in [0.05, 0.1) is 5.60 Å². The van der Waals surface area contributed by atoms with E-state index in [1.165, 1.54) is 6.07 Å². The first kappa shape index (κ1) is 18.8. The molecule has 0 aliphatic carbocycles. The number of ether oxygens (including phenoxy) is 1. The molecule has 1 aromatic heterocycles. The number of halogens is 2. The van der Waals surface area contributed by atoms with E-state index >= 15 is 0 Å². The summed E-state index contributed by atoms with van der Waals surface area (Å²) >= 11 is 0. The maximum Gasteiger partial charge on any atom is 0.410 e. The van der Waals surface area contributed by atoms with Crippen LogP contribution >= 0.6 is 0 Å². The van der Waals surface area contributed by atoms with Crippen molar-refractivity contribution in [3.63, 3.8) is 0 Å². The number of aliphatic hydroxyl groups is 1. The molecule has 1 N–H and O–H groups in total.